The Morgan fingerprint density at radius 2 is 2.07 bits per heavy atom. The number of likely N-dealkylation sites (N-methyl/N-ethyl adjacent to an activating group) is 1. The van der Waals surface area contributed by atoms with Crippen molar-refractivity contribution in [3.05, 3.63) is 52.6 Å². The first-order valence-electron chi connectivity index (χ1n) is 4.92. The molecule has 0 aromatic heterocycles. The molecule has 0 N–H and O–H groups in total. The zero-order valence-corrected chi connectivity index (χ0v) is 11.7. The first-order valence-corrected chi connectivity index (χ1v) is 6.27. The van der Waals surface area contributed by atoms with Crippen LogP contribution >= 0.6 is 0 Å². The Labute approximate surface area is 103 Å². The van der Waals surface area contributed by atoms with E-state index in [4.69, 9.17) is 0 Å². The Balaban J connectivity index is 2.37. The van der Waals surface area contributed by atoms with E-state index in [0.717, 1.165) is 13.1 Å². The quantitative estimate of drug-likeness (QED) is 0.768. The standard InChI is InChI=1S/C13H16N.Re/c1-3-11-14(2)12-7-10-13-8-5-4-6-9-13;/h4-10H,1,11-12H2,2H3;. The van der Waals surface area contributed by atoms with Crippen LogP contribution in [0.25, 0.3) is 6.08 Å². The van der Waals surface area contributed by atoms with Gasteiger partial charge in [-0.05, 0) is 0 Å². The number of benzene rings is 1. The molecule has 0 amide bonds. The zero-order chi connectivity index (χ0) is 11.1. The van der Waals surface area contributed by atoms with E-state index in [-0.39, 0.29) is 0 Å². The molecule has 0 radical (unpaired) electrons. The summed E-state index contributed by atoms with van der Waals surface area (Å²) in [6, 6.07) is 10.4. The van der Waals surface area contributed by atoms with Crippen molar-refractivity contribution in [3.63, 3.8) is 0 Å². The van der Waals surface area contributed by atoms with E-state index < -0.39 is 0 Å². The van der Waals surface area contributed by atoms with Crippen LogP contribution in [-0.2, 0) is 19.2 Å². The van der Waals surface area contributed by atoms with E-state index in [1.54, 1.807) is 19.2 Å². The van der Waals surface area contributed by atoms with Gasteiger partial charge in [0.15, 0.2) is 0 Å². The van der Waals surface area contributed by atoms with Gasteiger partial charge in [-0.3, -0.25) is 0 Å². The summed E-state index contributed by atoms with van der Waals surface area (Å²) >= 11 is 1.67. The SMILES string of the molecule is C=[C]([Re])CN(C)CC=Cc1ccccc1. The van der Waals surface area contributed by atoms with Gasteiger partial charge in [-0.2, -0.15) is 0 Å². The molecule has 1 rings (SSSR count). The zero-order valence-electron chi connectivity index (χ0n) is 8.99. The third-order valence-corrected chi connectivity index (χ3v) is 2.40. The second-order valence-electron chi connectivity index (χ2n) is 3.53. The first kappa shape index (κ1) is 12.4. The van der Waals surface area contributed by atoms with Crippen LogP contribution in [0.2, 0.25) is 0 Å². The van der Waals surface area contributed by atoms with Crippen molar-refractivity contribution in [2.24, 2.45) is 0 Å². The third-order valence-electron chi connectivity index (χ3n) is 1.97. The fourth-order valence-electron chi connectivity index (χ4n) is 1.29. The molecule has 80 valence electrons. The van der Waals surface area contributed by atoms with Crippen molar-refractivity contribution >= 4 is 6.08 Å². The predicted octanol–water partition coefficient (Wildman–Crippen LogP) is 2.69. The fourth-order valence-corrected chi connectivity index (χ4v) is 2.02. The number of rotatable bonds is 5. The fraction of sp³-hybridized carbons (Fsp3) is 0.231. The van der Waals surface area contributed by atoms with E-state index >= 15 is 0 Å². The monoisotopic (exact) mass is 373 g/mol. The summed E-state index contributed by atoms with van der Waals surface area (Å²) in [4.78, 5) is 2.25. The summed E-state index contributed by atoms with van der Waals surface area (Å²) in [6.07, 6.45) is 4.34. The molecule has 0 bridgehead atoms. The van der Waals surface area contributed by atoms with Crippen LogP contribution in [0.1, 0.15) is 5.56 Å². The molecule has 15 heavy (non-hydrogen) atoms. The molecule has 0 heterocycles. The van der Waals surface area contributed by atoms with Crippen molar-refractivity contribution in [2.45, 2.75) is 0 Å². The van der Waals surface area contributed by atoms with E-state index in [9.17, 15) is 0 Å². The van der Waals surface area contributed by atoms with E-state index in [1.807, 2.05) is 6.07 Å². The summed E-state index contributed by atoms with van der Waals surface area (Å²) in [5.74, 6) is 0. The Morgan fingerprint density at radius 1 is 1.40 bits per heavy atom. The summed E-state index contributed by atoms with van der Waals surface area (Å²) in [7, 11) is 2.11. The van der Waals surface area contributed by atoms with Gasteiger partial charge in [-0.15, -0.1) is 0 Å². The van der Waals surface area contributed by atoms with Crippen molar-refractivity contribution in [2.75, 3.05) is 20.1 Å². The summed E-state index contributed by atoms with van der Waals surface area (Å²) in [6.45, 7) is 5.87. The van der Waals surface area contributed by atoms with E-state index in [2.05, 4.69) is 54.9 Å². The maximum absolute atomic E-state index is 3.92. The van der Waals surface area contributed by atoms with Gasteiger partial charge in [0.05, 0.1) is 0 Å². The molecule has 2 heteroatoms. The van der Waals surface area contributed by atoms with Crippen molar-refractivity contribution in [1.82, 2.24) is 4.90 Å². The Bertz CT molecular complexity index is 330. The van der Waals surface area contributed by atoms with Gasteiger partial charge < -0.3 is 0 Å². The first-order chi connectivity index (χ1) is 7.18. The molecule has 1 nitrogen and oxygen atoms in total. The van der Waals surface area contributed by atoms with Gasteiger partial charge in [-0.25, -0.2) is 0 Å². The molecule has 0 aliphatic carbocycles. The van der Waals surface area contributed by atoms with Gasteiger partial charge in [0, 0.05) is 0 Å². The molecule has 0 aliphatic heterocycles. The van der Waals surface area contributed by atoms with Crippen LogP contribution in [0.3, 0.4) is 0 Å². The third kappa shape index (κ3) is 5.69. The van der Waals surface area contributed by atoms with E-state index in [0.29, 0.717) is 0 Å². The average Bonchev–Trinajstić information content (AvgIpc) is 2.18. The summed E-state index contributed by atoms with van der Waals surface area (Å²) in [5.41, 5.74) is 1.25. The molecule has 1 aromatic carbocycles. The van der Waals surface area contributed by atoms with Crippen LogP contribution in [0.15, 0.2) is 47.0 Å². The van der Waals surface area contributed by atoms with Gasteiger partial charge >= 0.3 is 103 Å². The molecule has 0 saturated carbocycles. The van der Waals surface area contributed by atoms with Crippen LogP contribution < -0.4 is 0 Å². The topological polar surface area (TPSA) is 3.24 Å². The minimum atomic E-state index is 0.969. The van der Waals surface area contributed by atoms with Crippen LogP contribution in [-0.4, -0.2) is 25.0 Å². The van der Waals surface area contributed by atoms with Gasteiger partial charge in [0.1, 0.15) is 0 Å². The maximum atomic E-state index is 3.92. The van der Waals surface area contributed by atoms with Gasteiger partial charge in [0.2, 0.25) is 0 Å². The van der Waals surface area contributed by atoms with Crippen molar-refractivity contribution in [3.8, 4) is 0 Å². The molecule has 1 aromatic rings. The predicted molar refractivity (Wildman–Crippen MR) is 62.1 cm³/mol. The van der Waals surface area contributed by atoms with Gasteiger partial charge in [-0.1, -0.05) is 0 Å². The molecule has 0 atom stereocenters. The Kier molecular flexibility index (Phi) is 5.57. The molecular formula is C13H16NRe. The van der Waals surface area contributed by atoms with Crippen LogP contribution in [0, 0.1) is 0 Å². The average molecular weight is 372 g/mol. The minimum absolute atomic E-state index is 0.969. The van der Waals surface area contributed by atoms with Crippen molar-refractivity contribution < 1.29 is 19.2 Å². The summed E-state index contributed by atoms with van der Waals surface area (Å²) in [5, 5.41) is 0. The van der Waals surface area contributed by atoms with Crippen LogP contribution in [0.4, 0.5) is 0 Å². The molecule has 0 saturated heterocycles. The van der Waals surface area contributed by atoms with E-state index in [1.165, 1.54) is 9.61 Å². The molecule has 0 fully saturated rings. The molecule has 0 unspecified atom stereocenters. The Hall–Kier alpha value is -0.678. The summed E-state index contributed by atoms with van der Waals surface area (Å²) < 4.78 is 1.26. The van der Waals surface area contributed by atoms with Gasteiger partial charge in [0.25, 0.3) is 0 Å². The Morgan fingerprint density at radius 3 is 2.67 bits per heavy atom. The second kappa shape index (κ2) is 6.74. The molecule has 0 spiro atoms. The molecular weight excluding hydrogens is 356 g/mol. The van der Waals surface area contributed by atoms with Crippen LogP contribution in [0.5, 0.6) is 0 Å². The van der Waals surface area contributed by atoms with Crippen molar-refractivity contribution in [1.29, 1.82) is 0 Å². The second-order valence-corrected chi connectivity index (χ2v) is 5.45. The molecule has 0 aliphatic rings. The number of nitrogens with zero attached hydrogens (tertiary/aromatic N) is 1. The number of hydrogen-bond acceptors (Lipinski definition) is 1. The normalized spacial score (nSPS) is 11.1. The number of hydrogen-bond donors (Lipinski definition) is 0.